The fraction of sp³-hybridized carbons (Fsp3) is 0.400. The minimum Gasteiger partial charge on any atom is -0.207 e. The Labute approximate surface area is 102 Å². The van der Waals surface area contributed by atoms with Crippen LogP contribution >= 0.6 is 15.9 Å². The number of nitrogens with one attached hydrogen (secondary N) is 1. The maximum absolute atomic E-state index is 12.7. The zero-order valence-electron chi connectivity index (χ0n) is 8.41. The lowest BCUT2D eigenvalue weighted by Gasteiger charge is -2.14. The Kier molecular flexibility index (Phi) is 3.07. The first-order valence-corrected chi connectivity index (χ1v) is 7.43. The van der Waals surface area contributed by atoms with Gasteiger partial charge >= 0.3 is 0 Å². The molecule has 6 heteroatoms. The molecule has 0 bridgehead atoms. The fourth-order valence-electron chi connectivity index (χ4n) is 1.37. The molecule has 0 amide bonds. The van der Waals surface area contributed by atoms with Crippen LogP contribution in [0.3, 0.4) is 0 Å². The van der Waals surface area contributed by atoms with Gasteiger partial charge in [0.05, 0.1) is 4.90 Å². The summed E-state index contributed by atoms with van der Waals surface area (Å²) in [6.07, 6.45) is 1.66. The summed E-state index contributed by atoms with van der Waals surface area (Å²) in [5, 5.41) is 0.598. The molecule has 16 heavy (non-hydrogen) atoms. The predicted molar refractivity (Wildman–Crippen MR) is 62.5 cm³/mol. The van der Waals surface area contributed by atoms with E-state index in [-0.39, 0.29) is 10.4 Å². The van der Waals surface area contributed by atoms with Gasteiger partial charge in [-0.1, -0.05) is 15.9 Å². The van der Waals surface area contributed by atoms with Gasteiger partial charge in [0, 0.05) is 10.9 Å². The zero-order chi connectivity index (χ0) is 11.8. The minimum atomic E-state index is -3.53. The van der Waals surface area contributed by atoms with Crippen molar-refractivity contribution in [1.29, 1.82) is 0 Å². The molecule has 0 saturated heterocycles. The molecule has 1 saturated carbocycles. The Morgan fingerprint density at radius 2 is 1.88 bits per heavy atom. The number of halogens is 2. The highest BCUT2D eigenvalue weighted by Gasteiger charge is 2.45. The molecule has 1 aromatic rings. The van der Waals surface area contributed by atoms with E-state index in [9.17, 15) is 12.8 Å². The molecule has 0 heterocycles. The third-order valence-electron chi connectivity index (χ3n) is 2.58. The van der Waals surface area contributed by atoms with Crippen molar-refractivity contribution < 1.29 is 12.8 Å². The van der Waals surface area contributed by atoms with E-state index in [1.807, 2.05) is 0 Å². The van der Waals surface area contributed by atoms with Crippen molar-refractivity contribution >= 4 is 26.0 Å². The van der Waals surface area contributed by atoms with Crippen molar-refractivity contribution in [2.45, 2.75) is 23.3 Å². The van der Waals surface area contributed by atoms with E-state index < -0.39 is 15.8 Å². The molecule has 1 aliphatic rings. The number of sulfonamides is 1. The Morgan fingerprint density at radius 3 is 2.31 bits per heavy atom. The van der Waals surface area contributed by atoms with Crippen LogP contribution in [-0.4, -0.2) is 19.3 Å². The Hall–Kier alpha value is -0.460. The number of benzene rings is 1. The second-order valence-electron chi connectivity index (χ2n) is 3.97. The maximum atomic E-state index is 12.7. The van der Waals surface area contributed by atoms with Crippen molar-refractivity contribution in [2.75, 3.05) is 5.33 Å². The first-order valence-electron chi connectivity index (χ1n) is 4.83. The molecule has 0 atom stereocenters. The van der Waals surface area contributed by atoms with E-state index >= 15 is 0 Å². The second kappa shape index (κ2) is 4.09. The van der Waals surface area contributed by atoms with Crippen LogP contribution in [0, 0.1) is 5.82 Å². The molecule has 0 unspecified atom stereocenters. The van der Waals surface area contributed by atoms with Gasteiger partial charge in [-0.05, 0) is 37.1 Å². The van der Waals surface area contributed by atoms with Crippen molar-refractivity contribution in [3.05, 3.63) is 30.1 Å². The first kappa shape index (κ1) is 12.0. The van der Waals surface area contributed by atoms with Gasteiger partial charge < -0.3 is 0 Å². The monoisotopic (exact) mass is 307 g/mol. The highest BCUT2D eigenvalue weighted by Crippen LogP contribution is 2.38. The highest BCUT2D eigenvalue weighted by molar-refractivity contribution is 9.09. The lowest BCUT2D eigenvalue weighted by Crippen LogP contribution is -2.37. The van der Waals surface area contributed by atoms with E-state index in [2.05, 4.69) is 20.7 Å². The van der Waals surface area contributed by atoms with Gasteiger partial charge in [-0.25, -0.2) is 17.5 Å². The van der Waals surface area contributed by atoms with Crippen molar-refractivity contribution in [3.8, 4) is 0 Å². The van der Waals surface area contributed by atoms with Crippen LogP contribution in [0.5, 0.6) is 0 Å². The average Bonchev–Trinajstić information content (AvgIpc) is 2.98. The van der Waals surface area contributed by atoms with E-state index in [1.54, 1.807) is 0 Å². The van der Waals surface area contributed by atoms with Gasteiger partial charge in [-0.3, -0.25) is 0 Å². The van der Waals surface area contributed by atoms with Crippen LogP contribution in [0.2, 0.25) is 0 Å². The van der Waals surface area contributed by atoms with E-state index in [0.29, 0.717) is 5.33 Å². The molecule has 0 spiro atoms. The smallest absolute Gasteiger partial charge is 0.207 e. The van der Waals surface area contributed by atoms with Crippen molar-refractivity contribution in [1.82, 2.24) is 4.72 Å². The van der Waals surface area contributed by atoms with Gasteiger partial charge in [-0.15, -0.1) is 0 Å². The van der Waals surface area contributed by atoms with Crippen LogP contribution < -0.4 is 4.72 Å². The molecule has 2 rings (SSSR count). The molecule has 1 fully saturated rings. The summed E-state index contributed by atoms with van der Waals surface area (Å²) in [7, 11) is -3.53. The Bertz CT molecular complexity index is 482. The molecule has 0 radical (unpaired) electrons. The summed E-state index contributed by atoms with van der Waals surface area (Å²) in [5.41, 5.74) is -0.340. The first-order chi connectivity index (χ1) is 7.47. The van der Waals surface area contributed by atoms with Gasteiger partial charge in [0.15, 0.2) is 0 Å². The molecule has 88 valence electrons. The lowest BCUT2D eigenvalue weighted by molar-refractivity contribution is 0.560. The Morgan fingerprint density at radius 1 is 1.31 bits per heavy atom. The third-order valence-corrected chi connectivity index (χ3v) is 5.25. The molecule has 3 nitrogen and oxygen atoms in total. The largest absolute Gasteiger partial charge is 0.241 e. The molecule has 0 aliphatic heterocycles. The minimum absolute atomic E-state index is 0.0983. The van der Waals surface area contributed by atoms with Gasteiger partial charge in [0.25, 0.3) is 0 Å². The van der Waals surface area contributed by atoms with Gasteiger partial charge in [0.2, 0.25) is 10.0 Å². The average molecular weight is 308 g/mol. The predicted octanol–water partition coefficient (Wildman–Crippen LogP) is 2.03. The summed E-state index contributed by atoms with van der Waals surface area (Å²) in [4.78, 5) is 0.0983. The molecule has 0 aromatic heterocycles. The van der Waals surface area contributed by atoms with Crippen molar-refractivity contribution in [3.63, 3.8) is 0 Å². The summed E-state index contributed by atoms with van der Waals surface area (Å²) >= 11 is 3.28. The Balaban J connectivity index is 2.22. The topological polar surface area (TPSA) is 46.2 Å². The van der Waals surface area contributed by atoms with E-state index in [4.69, 9.17) is 0 Å². The number of hydrogen-bond acceptors (Lipinski definition) is 2. The zero-order valence-corrected chi connectivity index (χ0v) is 10.8. The highest BCUT2D eigenvalue weighted by atomic mass is 79.9. The van der Waals surface area contributed by atoms with Gasteiger partial charge in [-0.2, -0.15) is 0 Å². The molecular formula is C10H11BrFNO2S. The lowest BCUT2D eigenvalue weighted by atomic mass is 10.3. The normalized spacial score (nSPS) is 18.4. The molecular weight excluding hydrogens is 297 g/mol. The van der Waals surface area contributed by atoms with Gasteiger partial charge in [0.1, 0.15) is 5.82 Å². The van der Waals surface area contributed by atoms with E-state index in [0.717, 1.165) is 25.0 Å². The van der Waals surface area contributed by atoms with Crippen LogP contribution in [0.25, 0.3) is 0 Å². The quantitative estimate of drug-likeness (QED) is 0.865. The molecule has 1 aliphatic carbocycles. The number of alkyl halides is 1. The summed E-state index contributed by atoms with van der Waals surface area (Å²) in [5.74, 6) is -0.444. The van der Waals surface area contributed by atoms with Crippen LogP contribution in [0.15, 0.2) is 29.2 Å². The standard InChI is InChI=1S/C10H11BrFNO2S/c11-7-10(5-6-10)13-16(14,15)9-3-1-8(12)2-4-9/h1-4,13H,5-7H2. The molecule has 1 aromatic carbocycles. The fourth-order valence-corrected chi connectivity index (χ4v) is 3.72. The van der Waals surface area contributed by atoms with Crippen LogP contribution in [-0.2, 0) is 10.0 Å². The maximum Gasteiger partial charge on any atom is 0.241 e. The third kappa shape index (κ3) is 2.44. The summed E-state index contributed by atoms with van der Waals surface area (Å²) < 4.78 is 39.1. The second-order valence-corrected chi connectivity index (χ2v) is 6.22. The number of hydrogen-bond donors (Lipinski definition) is 1. The SMILES string of the molecule is O=S(=O)(NC1(CBr)CC1)c1ccc(F)cc1. The van der Waals surface area contributed by atoms with Crippen molar-refractivity contribution in [2.24, 2.45) is 0 Å². The van der Waals surface area contributed by atoms with E-state index in [1.165, 1.54) is 12.1 Å². The van der Waals surface area contributed by atoms with Crippen LogP contribution in [0.1, 0.15) is 12.8 Å². The van der Waals surface area contributed by atoms with Crippen LogP contribution in [0.4, 0.5) is 4.39 Å². The summed E-state index contributed by atoms with van der Waals surface area (Å²) in [6.45, 7) is 0. The summed E-state index contributed by atoms with van der Waals surface area (Å²) in [6, 6.07) is 4.81. The number of rotatable bonds is 4. The molecule has 1 N–H and O–H groups in total.